The Morgan fingerprint density at radius 2 is 1.91 bits per heavy atom. The van der Waals surface area contributed by atoms with Crippen LogP contribution in [-0.2, 0) is 18.4 Å². The Hall–Kier alpha value is -3.80. The monoisotopic (exact) mass is 470 g/mol. The number of carbonyl (C=O) groups is 1. The number of benzene rings is 1. The molecule has 4 aromatic rings. The quantitative estimate of drug-likeness (QED) is 0.372. The van der Waals surface area contributed by atoms with Gasteiger partial charge in [-0.25, -0.2) is 5.10 Å². The van der Waals surface area contributed by atoms with Crippen LogP contribution in [0.1, 0.15) is 17.3 Å². The third kappa shape index (κ3) is 4.70. The molecule has 0 radical (unpaired) electrons. The number of aromatic nitrogens is 5. The highest BCUT2D eigenvalue weighted by atomic mass is 32.2. The number of hydrogen-bond donors (Lipinski definition) is 2. The van der Waals surface area contributed by atoms with E-state index in [0.29, 0.717) is 33.6 Å². The molecule has 0 aliphatic carbocycles. The maximum Gasteiger partial charge on any atom is 0.277 e. The number of H-pyrrole nitrogens is 1. The summed E-state index contributed by atoms with van der Waals surface area (Å²) in [7, 11) is 3.40. The summed E-state index contributed by atoms with van der Waals surface area (Å²) in [6, 6.07) is 7.22. The van der Waals surface area contributed by atoms with Crippen molar-refractivity contribution < 1.29 is 18.7 Å². The molecule has 12 heteroatoms. The summed E-state index contributed by atoms with van der Waals surface area (Å²) in [5, 5.41) is 18.7. The van der Waals surface area contributed by atoms with E-state index in [1.807, 2.05) is 0 Å². The first-order valence-electron chi connectivity index (χ1n) is 9.93. The molecule has 0 saturated heterocycles. The molecule has 2 N–H and O–H groups in total. The van der Waals surface area contributed by atoms with E-state index in [-0.39, 0.29) is 29.5 Å². The summed E-state index contributed by atoms with van der Waals surface area (Å²) >= 11 is 1.21. The Morgan fingerprint density at radius 1 is 1.18 bits per heavy atom. The Bertz CT molecular complexity index is 1360. The van der Waals surface area contributed by atoms with Crippen LogP contribution in [-0.4, -0.2) is 43.7 Å². The predicted molar refractivity (Wildman–Crippen MR) is 122 cm³/mol. The molecule has 0 aliphatic heterocycles. The SMILES string of the molecule is COc1ccc(OCc2nnc(SCC(=O)Nc3oc(C)c4c(C)n[nH]c(=O)c34)n2C)cc1. The van der Waals surface area contributed by atoms with E-state index in [1.165, 1.54) is 11.8 Å². The minimum absolute atomic E-state index is 0.0501. The summed E-state index contributed by atoms with van der Waals surface area (Å²) in [5.74, 6) is 2.35. The number of carbonyl (C=O) groups excluding carboxylic acids is 1. The van der Waals surface area contributed by atoms with Crippen LogP contribution in [0.5, 0.6) is 11.5 Å². The molecule has 11 nitrogen and oxygen atoms in total. The van der Waals surface area contributed by atoms with Crippen LogP contribution in [0, 0.1) is 13.8 Å². The van der Waals surface area contributed by atoms with Gasteiger partial charge in [0.2, 0.25) is 11.8 Å². The zero-order valence-electron chi connectivity index (χ0n) is 18.5. The number of nitrogens with zero attached hydrogens (tertiary/aromatic N) is 4. The van der Waals surface area contributed by atoms with Gasteiger partial charge in [-0.05, 0) is 38.1 Å². The molecule has 1 aromatic carbocycles. The van der Waals surface area contributed by atoms with Crippen molar-refractivity contribution in [3.63, 3.8) is 0 Å². The molecule has 0 unspecified atom stereocenters. The topological polar surface area (TPSA) is 137 Å². The average Bonchev–Trinajstić information content (AvgIpc) is 3.33. The average molecular weight is 471 g/mol. The van der Waals surface area contributed by atoms with Crippen LogP contribution in [0.15, 0.2) is 38.6 Å². The largest absolute Gasteiger partial charge is 0.497 e. The van der Waals surface area contributed by atoms with E-state index in [9.17, 15) is 9.59 Å². The van der Waals surface area contributed by atoms with Gasteiger partial charge < -0.3 is 18.5 Å². The molecule has 1 amide bonds. The number of rotatable bonds is 8. The van der Waals surface area contributed by atoms with Crippen LogP contribution in [0.3, 0.4) is 0 Å². The van der Waals surface area contributed by atoms with Crippen molar-refractivity contribution >= 4 is 34.3 Å². The van der Waals surface area contributed by atoms with E-state index >= 15 is 0 Å². The van der Waals surface area contributed by atoms with Crippen LogP contribution in [0.2, 0.25) is 0 Å². The van der Waals surface area contributed by atoms with Gasteiger partial charge in [0.15, 0.2) is 11.0 Å². The van der Waals surface area contributed by atoms with Crippen LogP contribution in [0.25, 0.3) is 10.8 Å². The van der Waals surface area contributed by atoms with E-state index in [4.69, 9.17) is 13.9 Å². The third-order valence-corrected chi connectivity index (χ3v) is 5.96. The summed E-state index contributed by atoms with van der Waals surface area (Å²) in [5.41, 5.74) is 0.189. The van der Waals surface area contributed by atoms with Crippen molar-refractivity contribution in [2.24, 2.45) is 7.05 Å². The Balaban J connectivity index is 1.37. The first kappa shape index (κ1) is 22.4. The van der Waals surface area contributed by atoms with Crippen LogP contribution >= 0.6 is 11.8 Å². The van der Waals surface area contributed by atoms with Crippen molar-refractivity contribution in [2.75, 3.05) is 18.2 Å². The molecule has 0 bridgehead atoms. The van der Waals surface area contributed by atoms with Crippen molar-refractivity contribution in [3.05, 3.63) is 51.9 Å². The molecule has 0 fully saturated rings. The highest BCUT2D eigenvalue weighted by Gasteiger charge is 2.19. The molecule has 0 aliphatic rings. The summed E-state index contributed by atoms with van der Waals surface area (Å²) in [4.78, 5) is 24.7. The van der Waals surface area contributed by atoms with Crippen molar-refractivity contribution in [2.45, 2.75) is 25.6 Å². The fraction of sp³-hybridized carbons (Fsp3) is 0.286. The highest BCUT2D eigenvalue weighted by Crippen LogP contribution is 2.28. The molecule has 172 valence electrons. The van der Waals surface area contributed by atoms with Crippen LogP contribution in [0.4, 0.5) is 5.88 Å². The Kier molecular flexibility index (Phi) is 6.36. The number of amides is 1. The highest BCUT2D eigenvalue weighted by molar-refractivity contribution is 7.99. The molecular weight excluding hydrogens is 448 g/mol. The number of hydrogen-bond acceptors (Lipinski definition) is 9. The van der Waals surface area contributed by atoms with Gasteiger partial charge in [-0.15, -0.1) is 10.2 Å². The second kappa shape index (κ2) is 9.36. The van der Waals surface area contributed by atoms with Crippen molar-refractivity contribution in [1.29, 1.82) is 0 Å². The van der Waals surface area contributed by atoms with Gasteiger partial charge >= 0.3 is 0 Å². The normalized spacial score (nSPS) is 11.0. The first-order valence-corrected chi connectivity index (χ1v) is 10.9. The molecule has 0 spiro atoms. The van der Waals surface area contributed by atoms with E-state index in [1.54, 1.807) is 56.8 Å². The van der Waals surface area contributed by atoms with Gasteiger partial charge in [0.05, 0.1) is 23.9 Å². The number of aromatic amines is 1. The fourth-order valence-corrected chi connectivity index (χ4v) is 3.97. The van der Waals surface area contributed by atoms with Gasteiger partial charge in [0, 0.05) is 7.05 Å². The number of nitrogens with one attached hydrogen (secondary N) is 2. The van der Waals surface area contributed by atoms with Crippen molar-refractivity contribution in [3.8, 4) is 11.5 Å². The standard InChI is InChI=1S/C21H22N6O5S/c1-11-17-12(2)32-20(18(17)19(29)25-23-11)22-16(28)10-33-21-26-24-15(27(21)3)9-31-14-7-5-13(30-4)6-8-14/h5-8H,9-10H2,1-4H3,(H,22,28)(H,25,29). The predicted octanol–water partition coefficient (Wildman–Crippen LogP) is 2.58. The second-order valence-electron chi connectivity index (χ2n) is 7.13. The van der Waals surface area contributed by atoms with Gasteiger partial charge in [-0.2, -0.15) is 5.10 Å². The molecular formula is C21H22N6O5S. The number of thioether (sulfide) groups is 1. The summed E-state index contributed by atoms with van der Waals surface area (Å²) < 4.78 is 18.2. The smallest absolute Gasteiger partial charge is 0.277 e. The molecule has 3 heterocycles. The number of furan rings is 1. The number of anilines is 1. The first-order chi connectivity index (χ1) is 15.9. The lowest BCUT2D eigenvalue weighted by atomic mass is 10.2. The van der Waals surface area contributed by atoms with Crippen molar-refractivity contribution in [1.82, 2.24) is 25.0 Å². The lowest BCUT2D eigenvalue weighted by molar-refractivity contribution is -0.113. The maximum absolute atomic E-state index is 12.5. The third-order valence-electron chi connectivity index (χ3n) is 4.94. The van der Waals surface area contributed by atoms with E-state index in [0.717, 1.165) is 5.75 Å². The molecule has 0 saturated carbocycles. The summed E-state index contributed by atoms with van der Waals surface area (Å²) in [6.07, 6.45) is 0. The number of aryl methyl sites for hydroxylation is 2. The van der Waals surface area contributed by atoms with E-state index in [2.05, 4.69) is 25.7 Å². The number of methoxy groups -OCH3 is 1. The van der Waals surface area contributed by atoms with Crippen LogP contribution < -0.4 is 20.3 Å². The molecule has 33 heavy (non-hydrogen) atoms. The number of ether oxygens (including phenoxy) is 2. The zero-order chi connectivity index (χ0) is 23.5. The van der Waals surface area contributed by atoms with E-state index < -0.39 is 5.56 Å². The fourth-order valence-electron chi connectivity index (χ4n) is 3.24. The van der Waals surface area contributed by atoms with Gasteiger partial charge in [-0.3, -0.25) is 14.9 Å². The molecule has 4 rings (SSSR count). The van der Waals surface area contributed by atoms with Gasteiger partial charge in [0.25, 0.3) is 5.56 Å². The molecule has 0 atom stereocenters. The lowest BCUT2D eigenvalue weighted by Gasteiger charge is -2.07. The lowest BCUT2D eigenvalue weighted by Crippen LogP contribution is -2.16. The Labute approximate surface area is 192 Å². The van der Waals surface area contributed by atoms with Gasteiger partial charge in [0.1, 0.15) is 29.3 Å². The minimum atomic E-state index is -0.426. The zero-order valence-corrected chi connectivity index (χ0v) is 19.3. The Morgan fingerprint density at radius 3 is 2.64 bits per heavy atom. The van der Waals surface area contributed by atoms with Gasteiger partial charge in [-0.1, -0.05) is 11.8 Å². The second-order valence-corrected chi connectivity index (χ2v) is 8.08. The minimum Gasteiger partial charge on any atom is -0.497 e. The maximum atomic E-state index is 12.5. The molecule has 3 aromatic heterocycles. The summed E-state index contributed by atoms with van der Waals surface area (Å²) in [6.45, 7) is 3.69. The number of fused-ring (bicyclic) bond motifs is 1.